The highest BCUT2D eigenvalue weighted by molar-refractivity contribution is 5.83. The SMILES string of the molecule is CC(C)OCC(O)CN1CC(=O)NCC1C(=O)O. The molecule has 104 valence electrons. The molecular formula is C11H20N2O5. The Kier molecular flexibility index (Phi) is 5.52. The van der Waals surface area contributed by atoms with Gasteiger partial charge in [0.25, 0.3) is 0 Å². The molecule has 0 aromatic heterocycles. The van der Waals surface area contributed by atoms with E-state index in [-0.39, 0.29) is 38.3 Å². The van der Waals surface area contributed by atoms with Gasteiger partial charge in [-0.3, -0.25) is 14.5 Å². The first kappa shape index (κ1) is 14.9. The Balaban J connectivity index is 2.49. The Bertz CT molecular complexity index is 308. The zero-order valence-corrected chi connectivity index (χ0v) is 10.6. The molecular weight excluding hydrogens is 240 g/mol. The third-order valence-electron chi connectivity index (χ3n) is 2.63. The highest BCUT2D eigenvalue weighted by Crippen LogP contribution is 2.06. The number of nitrogens with one attached hydrogen (secondary N) is 1. The molecule has 2 unspecified atom stereocenters. The summed E-state index contributed by atoms with van der Waals surface area (Å²) in [5.74, 6) is -1.24. The van der Waals surface area contributed by atoms with Crippen LogP contribution in [0.15, 0.2) is 0 Å². The summed E-state index contributed by atoms with van der Waals surface area (Å²) in [5.41, 5.74) is 0. The molecule has 1 aliphatic rings. The fourth-order valence-electron chi connectivity index (χ4n) is 1.75. The summed E-state index contributed by atoms with van der Waals surface area (Å²) < 4.78 is 5.24. The largest absolute Gasteiger partial charge is 0.480 e. The summed E-state index contributed by atoms with van der Waals surface area (Å²) in [7, 11) is 0. The molecule has 0 spiro atoms. The smallest absolute Gasteiger partial charge is 0.322 e. The Hall–Kier alpha value is -1.18. The van der Waals surface area contributed by atoms with Gasteiger partial charge in [-0.25, -0.2) is 0 Å². The predicted molar refractivity (Wildman–Crippen MR) is 63.1 cm³/mol. The molecule has 18 heavy (non-hydrogen) atoms. The van der Waals surface area contributed by atoms with Crippen molar-refractivity contribution < 1.29 is 24.5 Å². The summed E-state index contributed by atoms with van der Waals surface area (Å²) in [5, 5.41) is 21.3. The number of carboxylic acids is 1. The molecule has 1 aliphatic heterocycles. The van der Waals surface area contributed by atoms with Gasteiger partial charge < -0.3 is 20.3 Å². The predicted octanol–water partition coefficient (Wildman–Crippen LogP) is -1.34. The molecule has 7 nitrogen and oxygen atoms in total. The number of piperazine rings is 1. The van der Waals surface area contributed by atoms with Crippen molar-refractivity contribution in [1.29, 1.82) is 0 Å². The lowest BCUT2D eigenvalue weighted by molar-refractivity contribution is -0.147. The Morgan fingerprint density at radius 2 is 2.28 bits per heavy atom. The quantitative estimate of drug-likeness (QED) is 0.546. The fraction of sp³-hybridized carbons (Fsp3) is 0.818. The third kappa shape index (κ3) is 4.59. The van der Waals surface area contributed by atoms with Gasteiger partial charge in [0.1, 0.15) is 6.04 Å². The summed E-state index contributed by atoms with van der Waals surface area (Å²) in [6.07, 6.45) is -0.806. The van der Waals surface area contributed by atoms with E-state index in [1.807, 2.05) is 13.8 Å². The van der Waals surface area contributed by atoms with Crippen molar-refractivity contribution in [3.05, 3.63) is 0 Å². The number of β-amino-alcohol motifs (C(OH)–C–C–N with tert-alkyl or cyclic N) is 1. The van der Waals surface area contributed by atoms with Crippen LogP contribution in [0.3, 0.4) is 0 Å². The minimum absolute atomic E-state index is 0.000393. The Morgan fingerprint density at radius 3 is 2.83 bits per heavy atom. The summed E-state index contributed by atoms with van der Waals surface area (Å²) >= 11 is 0. The number of aliphatic hydroxyl groups excluding tert-OH is 1. The molecule has 0 aromatic rings. The van der Waals surface area contributed by atoms with E-state index in [1.165, 1.54) is 4.90 Å². The second-order valence-electron chi connectivity index (χ2n) is 4.62. The van der Waals surface area contributed by atoms with E-state index in [0.29, 0.717) is 0 Å². The number of amides is 1. The van der Waals surface area contributed by atoms with Gasteiger partial charge in [0.15, 0.2) is 0 Å². The molecule has 1 rings (SSSR count). The fourth-order valence-corrected chi connectivity index (χ4v) is 1.75. The molecule has 0 radical (unpaired) electrons. The van der Waals surface area contributed by atoms with Gasteiger partial charge in [-0.2, -0.15) is 0 Å². The molecule has 1 fully saturated rings. The van der Waals surface area contributed by atoms with Crippen LogP contribution < -0.4 is 5.32 Å². The zero-order chi connectivity index (χ0) is 13.7. The number of carbonyl (C=O) groups is 2. The minimum Gasteiger partial charge on any atom is -0.480 e. The van der Waals surface area contributed by atoms with Gasteiger partial charge >= 0.3 is 5.97 Å². The average Bonchev–Trinajstić information content (AvgIpc) is 2.26. The number of nitrogens with zero attached hydrogens (tertiary/aromatic N) is 1. The maximum absolute atomic E-state index is 11.2. The highest BCUT2D eigenvalue weighted by Gasteiger charge is 2.32. The highest BCUT2D eigenvalue weighted by atomic mass is 16.5. The van der Waals surface area contributed by atoms with Crippen LogP contribution in [0.1, 0.15) is 13.8 Å². The molecule has 1 heterocycles. The lowest BCUT2D eigenvalue weighted by Gasteiger charge is -2.33. The molecule has 7 heteroatoms. The molecule has 1 saturated heterocycles. The third-order valence-corrected chi connectivity index (χ3v) is 2.63. The molecule has 3 N–H and O–H groups in total. The Labute approximate surface area is 106 Å². The van der Waals surface area contributed by atoms with E-state index < -0.39 is 18.1 Å². The van der Waals surface area contributed by atoms with Crippen molar-refractivity contribution in [3.8, 4) is 0 Å². The van der Waals surface area contributed by atoms with Crippen LogP contribution in [-0.4, -0.2) is 71.5 Å². The van der Waals surface area contributed by atoms with Crippen molar-refractivity contribution in [3.63, 3.8) is 0 Å². The van der Waals surface area contributed by atoms with E-state index in [1.54, 1.807) is 0 Å². The summed E-state index contributed by atoms with van der Waals surface area (Å²) in [6, 6.07) is -0.795. The van der Waals surface area contributed by atoms with Gasteiger partial charge in [-0.05, 0) is 13.8 Å². The maximum Gasteiger partial charge on any atom is 0.322 e. The molecule has 0 saturated carbocycles. The number of rotatable bonds is 6. The molecule has 0 aliphatic carbocycles. The standard InChI is InChI=1S/C11H20N2O5/c1-7(2)18-6-8(14)4-13-5-10(15)12-3-9(13)11(16)17/h7-9,14H,3-6H2,1-2H3,(H,12,15)(H,16,17). The number of ether oxygens (including phenoxy) is 1. The first-order chi connectivity index (χ1) is 8.40. The van der Waals surface area contributed by atoms with E-state index in [9.17, 15) is 14.7 Å². The van der Waals surface area contributed by atoms with Gasteiger partial charge in [0.2, 0.25) is 5.91 Å². The normalized spacial score (nSPS) is 22.9. The summed E-state index contributed by atoms with van der Waals surface area (Å²) in [6.45, 7) is 3.98. The number of carbonyl (C=O) groups excluding carboxylic acids is 1. The van der Waals surface area contributed by atoms with E-state index in [2.05, 4.69) is 5.32 Å². The van der Waals surface area contributed by atoms with Crippen LogP contribution in [0.2, 0.25) is 0 Å². The molecule has 0 bridgehead atoms. The van der Waals surface area contributed by atoms with Crippen LogP contribution in [0, 0.1) is 0 Å². The van der Waals surface area contributed by atoms with Gasteiger partial charge in [0, 0.05) is 13.1 Å². The van der Waals surface area contributed by atoms with Gasteiger partial charge in [0.05, 0.1) is 25.4 Å². The number of hydrogen-bond acceptors (Lipinski definition) is 5. The second kappa shape index (κ2) is 6.67. The van der Waals surface area contributed by atoms with Crippen LogP contribution in [-0.2, 0) is 14.3 Å². The first-order valence-electron chi connectivity index (χ1n) is 5.93. The second-order valence-corrected chi connectivity index (χ2v) is 4.62. The van der Waals surface area contributed by atoms with Crippen molar-refractivity contribution in [2.75, 3.05) is 26.2 Å². The zero-order valence-electron chi connectivity index (χ0n) is 10.6. The lowest BCUT2D eigenvalue weighted by atomic mass is 10.1. The Morgan fingerprint density at radius 1 is 1.61 bits per heavy atom. The van der Waals surface area contributed by atoms with Crippen LogP contribution >= 0.6 is 0 Å². The topological polar surface area (TPSA) is 99.1 Å². The molecule has 1 amide bonds. The van der Waals surface area contributed by atoms with Gasteiger partial charge in [-0.15, -0.1) is 0 Å². The van der Waals surface area contributed by atoms with Crippen LogP contribution in [0.4, 0.5) is 0 Å². The average molecular weight is 260 g/mol. The van der Waals surface area contributed by atoms with Crippen molar-refractivity contribution in [2.45, 2.75) is 32.1 Å². The minimum atomic E-state index is -1.01. The van der Waals surface area contributed by atoms with E-state index in [4.69, 9.17) is 9.84 Å². The molecule has 2 atom stereocenters. The summed E-state index contributed by atoms with van der Waals surface area (Å²) in [4.78, 5) is 23.7. The maximum atomic E-state index is 11.2. The van der Waals surface area contributed by atoms with Crippen molar-refractivity contribution >= 4 is 11.9 Å². The first-order valence-corrected chi connectivity index (χ1v) is 5.93. The van der Waals surface area contributed by atoms with Crippen LogP contribution in [0.5, 0.6) is 0 Å². The van der Waals surface area contributed by atoms with Crippen LogP contribution in [0.25, 0.3) is 0 Å². The number of hydrogen-bond donors (Lipinski definition) is 3. The lowest BCUT2D eigenvalue weighted by Crippen LogP contribution is -2.59. The monoisotopic (exact) mass is 260 g/mol. The van der Waals surface area contributed by atoms with Crippen molar-refractivity contribution in [2.24, 2.45) is 0 Å². The molecule has 0 aromatic carbocycles. The van der Waals surface area contributed by atoms with Crippen molar-refractivity contribution in [1.82, 2.24) is 10.2 Å². The number of aliphatic hydroxyl groups is 1. The van der Waals surface area contributed by atoms with E-state index in [0.717, 1.165) is 0 Å². The van der Waals surface area contributed by atoms with E-state index >= 15 is 0 Å². The van der Waals surface area contributed by atoms with Gasteiger partial charge in [-0.1, -0.05) is 0 Å². The number of carboxylic acid groups (broad SMARTS) is 1. The number of aliphatic carboxylic acids is 1.